The summed E-state index contributed by atoms with van der Waals surface area (Å²) in [6, 6.07) is -0.583. The summed E-state index contributed by atoms with van der Waals surface area (Å²) < 4.78 is 6.50. The van der Waals surface area contributed by atoms with Gasteiger partial charge in [0.25, 0.3) is 0 Å². The molecule has 0 aliphatic carbocycles. The first-order valence-corrected chi connectivity index (χ1v) is 8.66. The standard InChI is InChI=1S/C19H30N2O4/c1-9-15(22)21(10-11(2)3)14(6)18(23)16-12(4)17(19(24)25-8)20(7)13(16)5/h11,14H,9-10H2,1-8H3. The van der Waals surface area contributed by atoms with E-state index in [-0.39, 0.29) is 17.6 Å². The maximum atomic E-state index is 13.1. The zero-order valence-electron chi connectivity index (χ0n) is 16.6. The van der Waals surface area contributed by atoms with Crippen molar-refractivity contribution in [1.29, 1.82) is 0 Å². The van der Waals surface area contributed by atoms with Crippen molar-refractivity contribution in [3.05, 3.63) is 22.5 Å². The third-order valence-electron chi connectivity index (χ3n) is 4.59. The van der Waals surface area contributed by atoms with Crippen molar-refractivity contribution in [2.75, 3.05) is 13.7 Å². The van der Waals surface area contributed by atoms with Crippen LogP contribution in [0.5, 0.6) is 0 Å². The Balaban J connectivity index is 3.34. The van der Waals surface area contributed by atoms with Gasteiger partial charge in [0.15, 0.2) is 5.78 Å². The molecular weight excluding hydrogens is 320 g/mol. The SMILES string of the molecule is CCC(=O)N(CC(C)C)C(C)C(=O)c1c(C)c(C(=O)OC)n(C)c1C. The van der Waals surface area contributed by atoms with E-state index in [0.29, 0.717) is 35.5 Å². The number of esters is 1. The lowest BCUT2D eigenvalue weighted by atomic mass is 9.99. The van der Waals surface area contributed by atoms with E-state index in [9.17, 15) is 14.4 Å². The highest BCUT2D eigenvalue weighted by molar-refractivity contribution is 6.06. The quantitative estimate of drug-likeness (QED) is 0.560. The number of Topliss-reactive ketones (excluding diaryl/α,β-unsaturated/α-hetero) is 1. The molecule has 140 valence electrons. The Morgan fingerprint density at radius 3 is 2.16 bits per heavy atom. The first kappa shape index (κ1) is 20.9. The Labute approximate surface area is 150 Å². The van der Waals surface area contributed by atoms with Crippen molar-refractivity contribution in [1.82, 2.24) is 9.47 Å². The summed E-state index contributed by atoms with van der Waals surface area (Å²) in [7, 11) is 3.05. The molecule has 0 radical (unpaired) electrons. The van der Waals surface area contributed by atoms with Gasteiger partial charge in [-0.15, -0.1) is 0 Å². The maximum Gasteiger partial charge on any atom is 0.354 e. The molecule has 25 heavy (non-hydrogen) atoms. The van der Waals surface area contributed by atoms with Gasteiger partial charge < -0.3 is 14.2 Å². The van der Waals surface area contributed by atoms with E-state index < -0.39 is 12.0 Å². The summed E-state index contributed by atoms with van der Waals surface area (Å²) >= 11 is 0. The molecule has 1 aromatic heterocycles. The van der Waals surface area contributed by atoms with Crippen molar-refractivity contribution < 1.29 is 19.1 Å². The molecule has 0 bridgehead atoms. The van der Waals surface area contributed by atoms with Crippen LogP contribution >= 0.6 is 0 Å². The van der Waals surface area contributed by atoms with Gasteiger partial charge in [-0.25, -0.2) is 4.79 Å². The Kier molecular flexibility index (Phi) is 6.96. The van der Waals surface area contributed by atoms with E-state index in [1.165, 1.54) is 7.11 Å². The summed E-state index contributed by atoms with van der Waals surface area (Å²) in [4.78, 5) is 39.1. The second-order valence-corrected chi connectivity index (χ2v) is 6.82. The number of carbonyl (C=O) groups is 3. The van der Waals surface area contributed by atoms with Crippen LogP contribution in [-0.2, 0) is 16.6 Å². The molecule has 1 heterocycles. The number of amides is 1. The second-order valence-electron chi connectivity index (χ2n) is 6.82. The fraction of sp³-hybridized carbons (Fsp3) is 0.632. The minimum Gasteiger partial charge on any atom is -0.464 e. The molecule has 0 aromatic carbocycles. The van der Waals surface area contributed by atoms with E-state index in [0.717, 1.165) is 0 Å². The number of hydrogen-bond acceptors (Lipinski definition) is 4. The highest BCUT2D eigenvalue weighted by Crippen LogP contribution is 2.25. The van der Waals surface area contributed by atoms with E-state index in [2.05, 4.69) is 0 Å². The lowest BCUT2D eigenvalue weighted by Gasteiger charge is -2.30. The Hall–Kier alpha value is -2.11. The summed E-state index contributed by atoms with van der Waals surface area (Å²) in [6.07, 6.45) is 0.352. The summed E-state index contributed by atoms with van der Waals surface area (Å²) in [5.74, 6) is -0.412. The van der Waals surface area contributed by atoms with Crippen LogP contribution in [0.3, 0.4) is 0 Å². The fourth-order valence-corrected chi connectivity index (χ4v) is 3.15. The van der Waals surface area contributed by atoms with E-state index in [1.54, 1.807) is 44.2 Å². The monoisotopic (exact) mass is 350 g/mol. The van der Waals surface area contributed by atoms with Crippen molar-refractivity contribution in [3.63, 3.8) is 0 Å². The molecule has 0 aliphatic heterocycles. The third kappa shape index (κ3) is 4.11. The number of methoxy groups -OCH3 is 1. The molecular formula is C19H30N2O4. The van der Waals surface area contributed by atoms with E-state index in [4.69, 9.17) is 4.74 Å². The van der Waals surface area contributed by atoms with Crippen LogP contribution in [0.4, 0.5) is 0 Å². The van der Waals surface area contributed by atoms with Gasteiger partial charge in [-0.05, 0) is 32.3 Å². The molecule has 0 aliphatic rings. The maximum absolute atomic E-state index is 13.1. The molecule has 0 fully saturated rings. The lowest BCUT2D eigenvalue weighted by Crippen LogP contribution is -2.45. The Morgan fingerprint density at radius 1 is 1.16 bits per heavy atom. The van der Waals surface area contributed by atoms with Crippen LogP contribution in [-0.4, -0.2) is 46.8 Å². The van der Waals surface area contributed by atoms with Gasteiger partial charge in [0.1, 0.15) is 5.69 Å². The van der Waals surface area contributed by atoms with Crippen LogP contribution in [0.15, 0.2) is 0 Å². The Morgan fingerprint density at radius 2 is 1.72 bits per heavy atom. The van der Waals surface area contributed by atoms with Crippen molar-refractivity contribution in [2.24, 2.45) is 13.0 Å². The van der Waals surface area contributed by atoms with Gasteiger partial charge in [-0.2, -0.15) is 0 Å². The highest BCUT2D eigenvalue weighted by atomic mass is 16.5. The van der Waals surface area contributed by atoms with Gasteiger partial charge >= 0.3 is 5.97 Å². The highest BCUT2D eigenvalue weighted by Gasteiger charge is 2.32. The molecule has 0 saturated heterocycles. The van der Waals surface area contributed by atoms with Gasteiger partial charge in [-0.3, -0.25) is 9.59 Å². The van der Waals surface area contributed by atoms with Crippen LogP contribution < -0.4 is 0 Å². The normalized spacial score (nSPS) is 12.2. The molecule has 0 saturated carbocycles. The van der Waals surface area contributed by atoms with Crippen LogP contribution in [0.1, 0.15) is 66.2 Å². The first-order valence-electron chi connectivity index (χ1n) is 8.66. The number of nitrogens with zero attached hydrogens (tertiary/aromatic N) is 2. The average Bonchev–Trinajstić information content (AvgIpc) is 2.79. The lowest BCUT2D eigenvalue weighted by molar-refractivity contribution is -0.132. The fourth-order valence-electron chi connectivity index (χ4n) is 3.15. The van der Waals surface area contributed by atoms with Gasteiger partial charge in [0.2, 0.25) is 5.91 Å². The predicted octanol–water partition coefficient (Wildman–Crippen LogP) is 2.89. The average molecular weight is 350 g/mol. The number of rotatable bonds is 7. The van der Waals surface area contributed by atoms with E-state index in [1.807, 2.05) is 13.8 Å². The van der Waals surface area contributed by atoms with Crippen LogP contribution in [0.25, 0.3) is 0 Å². The molecule has 1 unspecified atom stereocenters. The number of ether oxygens (including phenoxy) is 1. The second kappa shape index (κ2) is 8.32. The summed E-state index contributed by atoms with van der Waals surface area (Å²) in [5.41, 5.74) is 2.15. The third-order valence-corrected chi connectivity index (χ3v) is 4.59. The summed E-state index contributed by atoms with van der Waals surface area (Å²) in [6.45, 7) is 11.6. The zero-order valence-corrected chi connectivity index (χ0v) is 16.6. The molecule has 0 N–H and O–H groups in total. The van der Waals surface area contributed by atoms with Gasteiger partial charge in [-0.1, -0.05) is 20.8 Å². The molecule has 0 spiro atoms. The van der Waals surface area contributed by atoms with Crippen molar-refractivity contribution in [2.45, 2.75) is 54.0 Å². The van der Waals surface area contributed by atoms with Crippen LogP contribution in [0, 0.1) is 19.8 Å². The number of ketones is 1. The zero-order chi connectivity index (χ0) is 19.5. The van der Waals surface area contributed by atoms with Crippen LogP contribution in [0.2, 0.25) is 0 Å². The topological polar surface area (TPSA) is 68.6 Å². The molecule has 1 amide bonds. The molecule has 6 nitrogen and oxygen atoms in total. The number of aromatic nitrogens is 1. The van der Waals surface area contributed by atoms with E-state index >= 15 is 0 Å². The van der Waals surface area contributed by atoms with Crippen molar-refractivity contribution >= 4 is 17.7 Å². The molecule has 1 aromatic rings. The molecule has 6 heteroatoms. The van der Waals surface area contributed by atoms with Gasteiger partial charge in [0, 0.05) is 31.3 Å². The molecule has 1 rings (SSSR count). The number of carbonyl (C=O) groups excluding carboxylic acids is 3. The molecule has 1 atom stereocenters. The van der Waals surface area contributed by atoms with Gasteiger partial charge in [0.05, 0.1) is 13.2 Å². The Bertz CT molecular complexity index is 673. The number of hydrogen-bond donors (Lipinski definition) is 0. The first-order chi connectivity index (χ1) is 11.6. The smallest absolute Gasteiger partial charge is 0.354 e. The predicted molar refractivity (Wildman–Crippen MR) is 96.9 cm³/mol. The minimum absolute atomic E-state index is 0.0472. The van der Waals surface area contributed by atoms with Crippen molar-refractivity contribution in [3.8, 4) is 0 Å². The largest absolute Gasteiger partial charge is 0.464 e. The minimum atomic E-state index is -0.583. The summed E-state index contributed by atoms with van der Waals surface area (Å²) in [5, 5.41) is 0.